The van der Waals surface area contributed by atoms with Crippen molar-refractivity contribution >= 4 is 11.6 Å². The van der Waals surface area contributed by atoms with Crippen LogP contribution in [-0.4, -0.2) is 14.2 Å². The number of benzene rings is 2. The number of methoxy groups -OCH3 is 2. The van der Waals surface area contributed by atoms with Gasteiger partial charge in [0.2, 0.25) is 0 Å². The molecule has 3 nitrogen and oxygen atoms in total. The van der Waals surface area contributed by atoms with Gasteiger partial charge >= 0.3 is 0 Å². The zero-order valence-electron chi connectivity index (χ0n) is 12.7. The molecule has 0 saturated carbocycles. The van der Waals surface area contributed by atoms with Crippen LogP contribution in [0.5, 0.6) is 11.5 Å². The third-order valence-corrected chi connectivity index (χ3v) is 4.05. The molecule has 0 aromatic heterocycles. The molecule has 0 spiro atoms. The van der Waals surface area contributed by atoms with Crippen molar-refractivity contribution in [3.63, 3.8) is 0 Å². The number of rotatable bonds is 4. The molecule has 1 unspecified atom stereocenters. The monoisotopic (exact) mass is 305 g/mol. The molecule has 4 heteroatoms. The molecule has 0 aliphatic heterocycles. The van der Waals surface area contributed by atoms with Gasteiger partial charge in [-0.25, -0.2) is 0 Å². The Hall–Kier alpha value is -1.71. The molecule has 112 valence electrons. The fourth-order valence-corrected chi connectivity index (χ4v) is 2.72. The van der Waals surface area contributed by atoms with Crippen LogP contribution < -0.4 is 15.2 Å². The molecule has 21 heavy (non-hydrogen) atoms. The van der Waals surface area contributed by atoms with Crippen molar-refractivity contribution in [2.45, 2.75) is 19.9 Å². The number of nitrogens with two attached hydrogens (primary N) is 1. The van der Waals surface area contributed by atoms with E-state index in [4.69, 9.17) is 26.8 Å². The molecule has 0 fully saturated rings. The Labute approximate surface area is 130 Å². The summed E-state index contributed by atoms with van der Waals surface area (Å²) in [5, 5.41) is 0.651. The summed E-state index contributed by atoms with van der Waals surface area (Å²) in [5.41, 5.74) is 10.4. The Morgan fingerprint density at radius 2 is 1.52 bits per heavy atom. The second-order valence-corrected chi connectivity index (χ2v) is 5.42. The zero-order valence-corrected chi connectivity index (χ0v) is 13.5. The summed E-state index contributed by atoms with van der Waals surface area (Å²) >= 11 is 6.38. The standard InChI is InChI=1S/C17H20ClNO2/c1-10-8-12(13(18)9-11(10)2)17(19)16-14(20-3)6-5-7-15(16)21-4/h5-9,17H,19H2,1-4H3. The maximum Gasteiger partial charge on any atom is 0.127 e. The minimum absolute atomic E-state index is 0.414. The van der Waals surface area contributed by atoms with Gasteiger partial charge in [0.15, 0.2) is 0 Å². The van der Waals surface area contributed by atoms with Gasteiger partial charge in [0.1, 0.15) is 11.5 Å². The van der Waals surface area contributed by atoms with Crippen molar-refractivity contribution in [1.82, 2.24) is 0 Å². The van der Waals surface area contributed by atoms with E-state index < -0.39 is 6.04 Å². The molecular formula is C17H20ClNO2. The molecule has 0 amide bonds. The Morgan fingerprint density at radius 1 is 1.00 bits per heavy atom. The number of halogens is 1. The minimum Gasteiger partial charge on any atom is -0.496 e. The summed E-state index contributed by atoms with van der Waals surface area (Å²) in [4.78, 5) is 0. The summed E-state index contributed by atoms with van der Waals surface area (Å²) in [5.74, 6) is 1.38. The van der Waals surface area contributed by atoms with Crippen LogP contribution in [0, 0.1) is 13.8 Å². The number of hydrogen-bond acceptors (Lipinski definition) is 3. The fraction of sp³-hybridized carbons (Fsp3) is 0.294. The quantitative estimate of drug-likeness (QED) is 0.928. The van der Waals surface area contributed by atoms with Gasteiger partial charge in [-0.1, -0.05) is 23.7 Å². The van der Waals surface area contributed by atoms with E-state index >= 15 is 0 Å². The molecule has 0 aliphatic carbocycles. The van der Waals surface area contributed by atoms with E-state index in [9.17, 15) is 0 Å². The van der Waals surface area contributed by atoms with Gasteiger partial charge < -0.3 is 15.2 Å². The van der Waals surface area contributed by atoms with Crippen LogP contribution in [-0.2, 0) is 0 Å². The Balaban J connectivity index is 2.59. The lowest BCUT2D eigenvalue weighted by Crippen LogP contribution is -2.15. The number of aryl methyl sites for hydroxylation is 2. The predicted molar refractivity (Wildman–Crippen MR) is 86.5 cm³/mol. The summed E-state index contributed by atoms with van der Waals surface area (Å²) in [7, 11) is 3.24. The van der Waals surface area contributed by atoms with E-state index in [1.54, 1.807) is 14.2 Å². The SMILES string of the molecule is COc1cccc(OC)c1C(N)c1cc(C)c(C)cc1Cl. The van der Waals surface area contributed by atoms with E-state index in [-0.39, 0.29) is 0 Å². The lowest BCUT2D eigenvalue weighted by molar-refractivity contribution is 0.382. The maximum absolute atomic E-state index is 6.44. The van der Waals surface area contributed by atoms with Crippen molar-refractivity contribution in [1.29, 1.82) is 0 Å². The van der Waals surface area contributed by atoms with Crippen molar-refractivity contribution < 1.29 is 9.47 Å². The zero-order chi connectivity index (χ0) is 15.6. The molecule has 2 aromatic carbocycles. The summed E-state index contributed by atoms with van der Waals surface area (Å²) < 4.78 is 10.8. The Bertz CT molecular complexity index is 633. The summed E-state index contributed by atoms with van der Waals surface area (Å²) in [6.07, 6.45) is 0. The van der Waals surface area contributed by atoms with Gasteiger partial charge in [-0.3, -0.25) is 0 Å². The molecule has 0 radical (unpaired) electrons. The van der Waals surface area contributed by atoms with Gasteiger partial charge in [-0.05, 0) is 48.7 Å². The van der Waals surface area contributed by atoms with Gasteiger partial charge in [0.05, 0.1) is 25.8 Å². The van der Waals surface area contributed by atoms with Crippen molar-refractivity contribution in [3.8, 4) is 11.5 Å². The molecule has 0 heterocycles. The highest BCUT2D eigenvalue weighted by atomic mass is 35.5. The van der Waals surface area contributed by atoms with Crippen LogP contribution in [0.3, 0.4) is 0 Å². The highest BCUT2D eigenvalue weighted by Gasteiger charge is 2.21. The second-order valence-electron chi connectivity index (χ2n) is 5.01. The molecule has 2 aromatic rings. The van der Waals surface area contributed by atoms with Crippen LogP contribution in [0.25, 0.3) is 0 Å². The molecule has 2 N–H and O–H groups in total. The Kier molecular flexibility index (Phi) is 4.76. The van der Waals surface area contributed by atoms with Crippen LogP contribution in [0.15, 0.2) is 30.3 Å². The van der Waals surface area contributed by atoms with Gasteiger partial charge in [0, 0.05) is 5.02 Å². The smallest absolute Gasteiger partial charge is 0.127 e. The average Bonchev–Trinajstić information content (AvgIpc) is 2.49. The number of ether oxygens (including phenoxy) is 2. The largest absolute Gasteiger partial charge is 0.496 e. The third-order valence-electron chi connectivity index (χ3n) is 3.73. The van der Waals surface area contributed by atoms with E-state index in [1.807, 2.05) is 44.2 Å². The van der Waals surface area contributed by atoms with Gasteiger partial charge in [-0.2, -0.15) is 0 Å². The summed E-state index contributed by atoms with van der Waals surface area (Å²) in [6, 6.07) is 9.15. The lowest BCUT2D eigenvalue weighted by atomic mass is 9.95. The highest BCUT2D eigenvalue weighted by molar-refractivity contribution is 6.31. The topological polar surface area (TPSA) is 44.5 Å². The first-order valence-corrected chi connectivity index (χ1v) is 7.10. The maximum atomic E-state index is 6.44. The predicted octanol–water partition coefficient (Wildman–Crippen LogP) is 4.02. The van der Waals surface area contributed by atoms with Crippen LogP contribution in [0.2, 0.25) is 5.02 Å². The van der Waals surface area contributed by atoms with Gasteiger partial charge in [-0.15, -0.1) is 0 Å². The van der Waals surface area contributed by atoms with Crippen molar-refractivity contribution in [3.05, 3.63) is 57.6 Å². The molecule has 1 atom stereocenters. The highest BCUT2D eigenvalue weighted by Crippen LogP contribution is 2.38. The lowest BCUT2D eigenvalue weighted by Gasteiger charge is -2.21. The minimum atomic E-state index is -0.414. The Morgan fingerprint density at radius 3 is 2.05 bits per heavy atom. The number of hydrogen-bond donors (Lipinski definition) is 1. The molecular weight excluding hydrogens is 286 g/mol. The van der Waals surface area contributed by atoms with Crippen LogP contribution in [0.1, 0.15) is 28.3 Å². The molecule has 2 rings (SSSR count). The third kappa shape index (κ3) is 2.99. The van der Waals surface area contributed by atoms with E-state index in [0.717, 1.165) is 22.3 Å². The van der Waals surface area contributed by atoms with Crippen molar-refractivity contribution in [2.75, 3.05) is 14.2 Å². The second kappa shape index (κ2) is 6.37. The van der Waals surface area contributed by atoms with E-state index in [0.29, 0.717) is 16.5 Å². The molecule has 0 aliphatic rings. The van der Waals surface area contributed by atoms with E-state index in [1.165, 1.54) is 0 Å². The first-order valence-electron chi connectivity index (χ1n) is 6.72. The van der Waals surface area contributed by atoms with Crippen molar-refractivity contribution in [2.24, 2.45) is 5.73 Å². The van der Waals surface area contributed by atoms with E-state index in [2.05, 4.69) is 0 Å². The average molecular weight is 306 g/mol. The fourth-order valence-electron chi connectivity index (χ4n) is 2.38. The summed E-state index contributed by atoms with van der Waals surface area (Å²) in [6.45, 7) is 4.07. The molecule has 0 bridgehead atoms. The first kappa shape index (κ1) is 15.7. The van der Waals surface area contributed by atoms with Gasteiger partial charge in [0.25, 0.3) is 0 Å². The molecule has 0 saturated heterocycles. The first-order chi connectivity index (χ1) is 9.99. The van der Waals surface area contributed by atoms with Crippen LogP contribution >= 0.6 is 11.6 Å². The van der Waals surface area contributed by atoms with Crippen LogP contribution in [0.4, 0.5) is 0 Å². The normalized spacial score (nSPS) is 12.1.